The van der Waals surface area contributed by atoms with Crippen molar-refractivity contribution >= 4 is 40.8 Å². The first-order valence-corrected chi connectivity index (χ1v) is 6.70. The van der Waals surface area contributed by atoms with Crippen LogP contribution in [0.25, 0.3) is 0 Å². The van der Waals surface area contributed by atoms with Gasteiger partial charge in [-0.15, -0.1) is 0 Å². The van der Waals surface area contributed by atoms with Crippen molar-refractivity contribution in [3.63, 3.8) is 0 Å². The van der Waals surface area contributed by atoms with E-state index in [1.165, 1.54) is 23.4 Å². The number of carbonyl (C=O) groups excluding carboxylic acids is 1. The van der Waals surface area contributed by atoms with Gasteiger partial charge < -0.3 is 11.1 Å². The highest BCUT2D eigenvalue weighted by atomic mass is 35.5. The molecule has 0 bridgehead atoms. The summed E-state index contributed by atoms with van der Waals surface area (Å²) >= 11 is 7.25. The number of aromatic nitrogens is 2. The van der Waals surface area contributed by atoms with Crippen molar-refractivity contribution in [2.24, 2.45) is 7.05 Å². The van der Waals surface area contributed by atoms with Crippen molar-refractivity contribution in [1.82, 2.24) is 9.78 Å². The lowest BCUT2D eigenvalue weighted by molar-refractivity contribution is -0.114. The smallest absolute Gasteiger partial charge is 0.221 e. The Morgan fingerprint density at radius 1 is 1.42 bits per heavy atom. The van der Waals surface area contributed by atoms with E-state index < -0.39 is 0 Å². The predicted molar refractivity (Wildman–Crippen MR) is 77.5 cm³/mol. The first-order valence-electron chi connectivity index (χ1n) is 5.51. The van der Waals surface area contributed by atoms with E-state index in [1.54, 1.807) is 19.2 Å². The quantitative estimate of drug-likeness (QED) is 0.913. The maximum atomic E-state index is 11.2. The molecule has 0 radical (unpaired) electrons. The van der Waals surface area contributed by atoms with Gasteiger partial charge in [-0.05, 0) is 24.3 Å². The van der Waals surface area contributed by atoms with Crippen LogP contribution in [0.1, 0.15) is 6.92 Å². The molecule has 0 atom stereocenters. The van der Waals surface area contributed by atoms with Gasteiger partial charge in [-0.3, -0.25) is 9.48 Å². The fraction of sp³-hybridized carbons (Fsp3) is 0.167. The molecule has 0 aliphatic heterocycles. The number of nitrogens with one attached hydrogen (secondary N) is 1. The number of nitrogens with two attached hydrogens (primary N) is 1. The van der Waals surface area contributed by atoms with Crippen LogP contribution in [0.3, 0.4) is 0 Å². The number of nitrogens with zero attached hydrogens (tertiary/aromatic N) is 2. The summed E-state index contributed by atoms with van der Waals surface area (Å²) in [6.45, 7) is 1.43. The van der Waals surface area contributed by atoms with Crippen molar-refractivity contribution in [3.05, 3.63) is 29.3 Å². The van der Waals surface area contributed by atoms with Gasteiger partial charge in [0.1, 0.15) is 16.5 Å². The Balaban J connectivity index is 2.31. The summed E-state index contributed by atoms with van der Waals surface area (Å²) in [6.07, 6.45) is 0. The monoisotopic (exact) mass is 296 g/mol. The fourth-order valence-corrected chi connectivity index (χ4v) is 2.53. The van der Waals surface area contributed by atoms with Crippen LogP contribution in [0.2, 0.25) is 5.02 Å². The van der Waals surface area contributed by atoms with E-state index in [9.17, 15) is 4.79 Å². The second kappa shape index (κ2) is 5.54. The van der Waals surface area contributed by atoms with Crippen LogP contribution in [-0.2, 0) is 11.8 Å². The number of benzene rings is 1. The summed E-state index contributed by atoms with van der Waals surface area (Å²) in [7, 11) is 1.73. The minimum Gasteiger partial charge on any atom is -0.382 e. The summed E-state index contributed by atoms with van der Waals surface area (Å²) in [5, 5.41) is 8.31. The Morgan fingerprint density at radius 3 is 2.63 bits per heavy atom. The second-order valence-electron chi connectivity index (χ2n) is 3.93. The van der Waals surface area contributed by atoms with Crippen molar-refractivity contribution in [2.75, 3.05) is 11.1 Å². The van der Waals surface area contributed by atoms with Crippen LogP contribution < -0.4 is 11.1 Å². The average molecular weight is 297 g/mol. The zero-order chi connectivity index (χ0) is 14.0. The highest BCUT2D eigenvalue weighted by molar-refractivity contribution is 7.99. The van der Waals surface area contributed by atoms with Gasteiger partial charge in [-0.2, -0.15) is 5.10 Å². The van der Waals surface area contributed by atoms with Gasteiger partial charge >= 0.3 is 0 Å². The molecule has 0 aliphatic rings. The average Bonchev–Trinajstić information content (AvgIpc) is 2.60. The molecule has 1 aromatic heterocycles. The number of anilines is 2. The molecule has 1 amide bonds. The van der Waals surface area contributed by atoms with Crippen LogP contribution >= 0.6 is 23.4 Å². The summed E-state index contributed by atoms with van der Waals surface area (Å²) in [5.41, 5.74) is 6.42. The summed E-state index contributed by atoms with van der Waals surface area (Å²) in [4.78, 5) is 12.2. The number of halogens is 1. The SMILES string of the molecule is CC(=O)Nc1c(Sc2ccc(Cl)cc2)nn(C)c1N. The number of nitrogen functional groups attached to an aromatic ring is 1. The highest BCUT2D eigenvalue weighted by Gasteiger charge is 2.16. The molecule has 3 N–H and O–H groups in total. The summed E-state index contributed by atoms with van der Waals surface area (Å²) in [5.74, 6) is 0.240. The van der Waals surface area contributed by atoms with E-state index >= 15 is 0 Å². The molecule has 0 aliphatic carbocycles. The molecule has 7 heteroatoms. The third-order valence-corrected chi connectivity index (χ3v) is 3.63. The number of hydrogen-bond acceptors (Lipinski definition) is 4. The second-order valence-corrected chi connectivity index (χ2v) is 5.42. The minimum absolute atomic E-state index is 0.183. The molecule has 1 heterocycles. The maximum absolute atomic E-state index is 11.2. The van der Waals surface area contributed by atoms with Gasteiger partial charge in [0.15, 0.2) is 0 Å². The van der Waals surface area contributed by atoms with E-state index in [4.69, 9.17) is 17.3 Å². The number of carbonyl (C=O) groups is 1. The van der Waals surface area contributed by atoms with Gasteiger partial charge in [-0.25, -0.2) is 0 Å². The molecule has 2 aromatic rings. The topological polar surface area (TPSA) is 72.9 Å². The van der Waals surface area contributed by atoms with Crippen LogP contribution in [-0.4, -0.2) is 15.7 Å². The van der Waals surface area contributed by atoms with E-state index in [0.717, 1.165) is 4.90 Å². The van der Waals surface area contributed by atoms with Crippen LogP contribution in [0.4, 0.5) is 11.5 Å². The van der Waals surface area contributed by atoms with E-state index in [2.05, 4.69) is 10.4 Å². The lowest BCUT2D eigenvalue weighted by Crippen LogP contribution is -2.08. The van der Waals surface area contributed by atoms with Crippen molar-refractivity contribution in [3.8, 4) is 0 Å². The molecule has 1 aromatic carbocycles. The number of amides is 1. The van der Waals surface area contributed by atoms with Crippen molar-refractivity contribution in [1.29, 1.82) is 0 Å². The maximum Gasteiger partial charge on any atom is 0.221 e. The normalized spacial score (nSPS) is 10.5. The minimum atomic E-state index is -0.183. The highest BCUT2D eigenvalue weighted by Crippen LogP contribution is 2.36. The summed E-state index contributed by atoms with van der Waals surface area (Å²) in [6, 6.07) is 7.37. The molecule has 0 spiro atoms. The van der Waals surface area contributed by atoms with E-state index in [-0.39, 0.29) is 5.91 Å². The van der Waals surface area contributed by atoms with Crippen molar-refractivity contribution in [2.45, 2.75) is 16.8 Å². The Kier molecular flexibility index (Phi) is 4.01. The Labute approximate surface area is 120 Å². The molecule has 0 fully saturated rings. The first-order chi connectivity index (χ1) is 8.97. The van der Waals surface area contributed by atoms with Crippen LogP contribution in [0.5, 0.6) is 0 Å². The molecular weight excluding hydrogens is 284 g/mol. The lowest BCUT2D eigenvalue weighted by atomic mass is 10.4. The summed E-state index contributed by atoms with van der Waals surface area (Å²) < 4.78 is 1.53. The largest absolute Gasteiger partial charge is 0.382 e. The third-order valence-electron chi connectivity index (χ3n) is 2.39. The Morgan fingerprint density at radius 2 is 2.05 bits per heavy atom. The first kappa shape index (κ1) is 13.8. The molecule has 100 valence electrons. The van der Waals surface area contributed by atoms with Crippen LogP contribution in [0, 0.1) is 0 Å². The predicted octanol–water partition coefficient (Wildman–Crippen LogP) is 2.77. The molecule has 0 unspecified atom stereocenters. The molecule has 0 saturated heterocycles. The lowest BCUT2D eigenvalue weighted by Gasteiger charge is -2.04. The molecule has 0 saturated carbocycles. The fourth-order valence-electron chi connectivity index (χ4n) is 1.49. The Hall–Kier alpha value is -1.66. The number of hydrogen-bond donors (Lipinski definition) is 2. The third kappa shape index (κ3) is 3.21. The Bertz CT molecular complexity index is 609. The van der Waals surface area contributed by atoms with E-state index in [1.807, 2.05) is 12.1 Å². The van der Waals surface area contributed by atoms with Gasteiger partial charge in [-0.1, -0.05) is 23.4 Å². The van der Waals surface area contributed by atoms with Gasteiger partial charge in [0.2, 0.25) is 5.91 Å². The van der Waals surface area contributed by atoms with Gasteiger partial charge in [0, 0.05) is 23.9 Å². The number of rotatable bonds is 3. The van der Waals surface area contributed by atoms with E-state index in [0.29, 0.717) is 21.6 Å². The van der Waals surface area contributed by atoms with Crippen molar-refractivity contribution < 1.29 is 4.79 Å². The molecule has 2 rings (SSSR count). The molecular formula is C12H13ClN4OS. The van der Waals surface area contributed by atoms with Crippen LogP contribution in [0.15, 0.2) is 34.2 Å². The molecule has 19 heavy (non-hydrogen) atoms. The molecule has 5 nitrogen and oxygen atoms in total. The number of aryl methyl sites for hydroxylation is 1. The standard InChI is InChI=1S/C12H13ClN4OS/c1-7(18)15-10-11(14)17(2)16-12(10)19-9-5-3-8(13)4-6-9/h3-6H,14H2,1-2H3,(H,15,18). The zero-order valence-electron chi connectivity index (χ0n) is 10.5. The zero-order valence-corrected chi connectivity index (χ0v) is 12.0. The van der Waals surface area contributed by atoms with Gasteiger partial charge in [0.25, 0.3) is 0 Å². The van der Waals surface area contributed by atoms with Gasteiger partial charge in [0.05, 0.1) is 0 Å².